The van der Waals surface area contributed by atoms with E-state index in [-0.39, 0.29) is 38.1 Å². The van der Waals surface area contributed by atoms with Gasteiger partial charge in [0, 0.05) is 53.5 Å². The summed E-state index contributed by atoms with van der Waals surface area (Å²) in [7, 11) is 0. The quantitative estimate of drug-likeness (QED) is 0.352. The van der Waals surface area contributed by atoms with Gasteiger partial charge in [-0.05, 0) is 43.7 Å². The number of halogens is 2. The SMILES string of the molecule is CC1=C(C(=O)O)C(c2c(Cl)cccc2Cl)C(C(=O)O)=C(C(C=O)N2CCN(C3CC4C=CC3C4)CC2)N1. The van der Waals surface area contributed by atoms with Gasteiger partial charge in [-0.25, -0.2) is 9.59 Å². The van der Waals surface area contributed by atoms with Crippen molar-refractivity contribution in [2.75, 3.05) is 26.2 Å². The normalized spacial score (nSPS) is 28.9. The Morgan fingerprint density at radius 2 is 1.68 bits per heavy atom. The maximum absolute atomic E-state index is 12.7. The molecule has 37 heavy (non-hydrogen) atoms. The Labute approximate surface area is 225 Å². The number of fused-ring (bicyclic) bond motifs is 2. The molecule has 3 N–H and O–H groups in total. The third kappa shape index (κ3) is 4.61. The average Bonchev–Trinajstić information content (AvgIpc) is 3.48. The van der Waals surface area contributed by atoms with Crippen LogP contribution in [0.3, 0.4) is 0 Å². The molecule has 0 aromatic heterocycles. The van der Waals surface area contributed by atoms with Crippen LogP contribution in [0.25, 0.3) is 0 Å². The molecule has 10 heteroatoms. The molecule has 2 heterocycles. The van der Waals surface area contributed by atoms with E-state index in [0.29, 0.717) is 31.0 Å². The van der Waals surface area contributed by atoms with Crippen molar-refractivity contribution in [3.8, 4) is 0 Å². The maximum Gasteiger partial charge on any atom is 0.334 e. The predicted molar refractivity (Wildman–Crippen MR) is 139 cm³/mol. The number of benzene rings is 1. The molecule has 2 fully saturated rings. The number of allylic oxidation sites excluding steroid dienone is 2. The van der Waals surface area contributed by atoms with Crippen LogP contribution in [0, 0.1) is 11.8 Å². The average molecular weight is 546 g/mol. The molecule has 5 rings (SSSR count). The number of carboxylic acids is 2. The van der Waals surface area contributed by atoms with Crippen molar-refractivity contribution in [1.29, 1.82) is 0 Å². The highest BCUT2D eigenvalue weighted by molar-refractivity contribution is 6.36. The smallest absolute Gasteiger partial charge is 0.334 e. The van der Waals surface area contributed by atoms with E-state index in [4.69, 9.17) is 23.2 Å². The summed E-state index contributed by atoms with van der Waals surface area (Å²) in [4.78, 5) is 41.9. The van der Waals surface area contributed by atoms with E-state index >= 15 is 0 Å². The van der Waals surface area contributed by atoms with Crippen LogP contribution in [0.4, 0.5) is 0 Å². The summed E-state index contributed by atoms with van der Waals surface area (Å²) in [6, 6.07) is 4.32. The number of nitrogens with one attached hydrogen (secondary N) is 1. The van der Waals surface area contributed by atoms with E-state index in [0.717, 1.165) is 25.8 Å². The number of nitrogens with zero attached hydrogens (tertiary/aromatic N) is 2. The minimum atomic E-state index is -1.34. The zero-order valence-electron chi connectivity index (χ0n) is 20.4. The number of dihydropyridines is 1. The van der Waals surface area contributed by atoms with Crippen molar-refractivity contribution >= 4 is 41.4 Å². The van der Waals surface area contributed by atoms with E-state index in [1.807, 2.05) is 4.90 Å². The first-order chi connectivity index (χ1) is 17.7. The first-order valence-electron chi connectivity index (χ1n) is 12.4. The number of hydrogen-bond donors (Lipinski definition) is 3. The standard InChI is InChI=1S/C27H29Cl2N3O5/c1-14-21(26(34)35)23(22-17(28)3-2-4-18(22)29)24(27(36)37)25(30-14)20(13-33)32-9-7-31(8-10-32)19-12-15-5-6-16(19)11-15/h2-6,13,15-16,19-20,23,30H,7-12H2,1H3,(H,34,35)(H,36,37). The van der Waals surface area contributed by atoms with Crippen molar-refractivity contribution in [2.45, 2.75) is 37.8 Å². The van der Waals surface area contributed by atoms with Crippen LogP contribution in [0.5, 0.6) is 0 Å². The van der Waals surface area contributed by atoms with Crippen LogP contribution in [0.1, 0.15) is 31.2 Å². The second-order valence-corrected chi connectivity index (χ2v) is 11.0. The second kappa shape index (κ2) is 10.3. The molecule has 1 aromatic rings. The van der Waals surface area contributed by atoms with Gasteiger partial charge in [-0.3, -0.25) is 9.80 Å². The van der Waals surface area contributed by atoms with Crippen LogP contribution >= 0.6 is 23.2 Å². The topological polar surface area (TPSA) is 110 Å². The molecule has 0 spiro atoms. The van der Waals surface area contributed by atoms with E-state index in [1.54, 1.807) is 25.1 Å². The molecule has 2 aliphatic heterocycles. The third-order valence-electron chi connectivity index (χ3n) is 8.22. The Morgan fingerprint density at radius 1 is 1.03 bits per heavy atom. The molecular weight excluding hydrogens is 517 g/mol. The molecule has 5 atom stereocenters. The lowest BCUT2D eigenvalue weighted by Crippen LogP contribution is -2.56. The molecule has 1 aromatic carbocycles. The van der Waals surface area contributed by atoms with Crippen molar-refractivity contribution in [2.24, 2.45) is 11.8 Å². The minimum absolute atomic E-state index is 0.153. The fraction of sp³-hybridized carbons (Fsp3) is 0.444. The summed E-state index contributed by atoms with van der Waals surface area (Å²) in [5.74, 6) is -2.63. The van der Waals surface area contributed by atoms with E-state index in [9.17, 15) is 24.6 Å². The molecule has 5 unspecified atom stereocenters. The van der Waals surface area contributed by atoms with Gasteiger partial charge in [0.1, 0.15) is 12.3 Å². The first-order valence-corrected chi connectivity index (χ1v) is 13.2. The van der Waals surface area contributed by atoms with Gasteiger partial charge in [0.05, 0.1) is 22.8 Å². The molecule has 8 nitrogen and oxygen atoms in total. The van der Waals surface area contributed by atoms with Gasteiger partial charge in [-0.15, -0.1) is 0 Å². The maximum atomic E-state index is 12.7. The Morgan fingerprint density at radius 3 is 2.19 bits per heavy atom. The number of aliphatic carboxylic acids is 2. The van der Waals surface area contributed by atoms with Crippen LogP contribution in [0.15, 0.2) is 52.9 Å². The third-order valence-corrected chi connectivity index (χ3v) is 8.88. The number of carboxylic acid groups (broad SMARTS) is 2. The largest absolute Gasteiger partial charge is 0.478 e. The Kier molecular flexibility index (Phi) is 7.20. The number of carbonyl (C=O) groups is 3. The van der Waals surface area contributed by atoms with Crippen molar-refractivity contribution in [1.82, 2.24) is 15.1 Å². The van der Waals surface area contributed by atoms with Gasteiger partial charge in [0.25, 0.3) is 0 Å². The van der Waals surface area contributed by atoms with Gasteiger partial charge in [0.15, 0.2) is 0 Å². The monoisotopic (exact) mass is 545 g/mol. The fourth-order valence-electron chi connectivity index (χ4n) is 6.54. The molecule has 2 aliphatic carbocycles. The molecule has 1 saturated carbocycles. The molecular formula is C27H29Cl2N3O5. The summed E-state index contributed by atoms with van der Waals surface area (Å²) >= 11 is 12.9. The van der Waals surface area contributed by atoms with Crippen molar-refractivity contribution < 1.29 is 24.6 Å². The minimum Gasteiger partial charge on any atom is -0.478 e. The summed E-state index contributed by atoms with van der Waals surface area (Å²) in [5, 5.41) is 23.7. The summed E-state index contributed by atoms with van der Waals surface area (Å²) < 4.78 is 0. The molecule has 4 aliphatic rings. The number of aldehydes is 1. The molecule has 0 radical (unpaired) electrons. The number of piperazine rings is 1. The van der Waals surface area contributed by atoms with Crippen LogP contribution < -0.4 is 5.32 Å². The van der Waals surface area contributed by atoms with E-state index < -0.39 is 23.9 Å². The second-order valence-electron chi connectivity index (χ2n) is 10.2. The van der Waals surface area contributed by atoms with Gasteiger partial charge in [0.2, 0.25) is 0 Å². The fourth-order valence-corrected chi connectivity index (χ4v) is 7.16. The van der Waals surface area contributed by atoms with Gasteiger partial charge >= 0.3 is 11.9 Å². The molecule has 1 saturated heterocycles. The number of carbonyl (C=O) groups excluding carboxylic acids is 1. The summed E-state index contributed by atoms with van der Waals surface area (Å²) in [6.45, 7) is 4.28. The summed E-state index contributed by atoms with van der Waals surface area (Å²) in [6.07, 6.45) is 7.74. The zero-order chi connectivity index (χ0) is 26.4. The van der Waals surface area contributed by atoms with Gasteiger partial charge in [-0.1, -0.05) is 41.4 Å². The highest BCUT2D eigenvalue weighted by atomic mass is 35.5. The van der Waals surface area contributed by atoms with Crippen LogP contribution in [0.2, 0.25) is 10.0 Å². The Balaban J connectivity index is 1.49. The lowest BCUT2D eigenvalue weighted by molar-refractivity contribution is -0.133. The van der Waals surface area contributed by atoms with Crippen molar-refractivity contribution in [3.05, 3.63) is 68.5 Å². The molecule has 0 amide bonds. The van der Waals surface area contributed by atoms with Gasteiger partial charge in [-0.2, -0.15) is 0 Å². The Bertz CT molecular complexity index is 1210. The number of hydrogen-bond acceptors (Lipinski definition) is 6. The highest BCUT2D eigenvalue weighted by Gasteiger charge is 2.44. The lowest BCUT2D eigenvalue weighted by atomic mass is 9.79. The summed E-state index contributed by atoms with van der Waals surface area (Å²) in [5.41, 5.74) is 0.179. The van der Waals surface area contributed by atoms with Gasteiger partial charge < -0.3 is 20.3 Å². The van der Waals surface area contributed by atoms with Crippen molar-refractivity contribution in [3.63, 3.8) is 0 Å². The molecule has 196 valence electrons. The lowest BCUT2D eigenvalue weighted by Gasteiger charge is -2.43. The zero-order valence-corrected chi connectivity index (χ0v) is 21.9. The Hall–Kier alpha value is -2.65. The van der Waals surface area contributed by atoms with Crippen LogP contribution in [-0.2, 0) is 14.4 Å². The van der Waals surface area contributed by atoms with Crippen LogP contribution in [-0.4, -0.2) is 76.5 Å². The highest BCUT2D eigenvalue weighted by Crippen LogP contribution is 2.45. The first kappa shape index (κ1) is 26.0. The predicted octanol–water partition coefficient (Wildman–Crippen LogP) is 3.53. The van der Waals surface area contributed by atoms with E-state index in [2.05, 4.69) is 22.4 Å². The number of rotatable bonds is 7. The molecule has 2 bridgehead atoms. The van der Waals surface area contributed by atoms with E-state index in [1.165, 1.54) is 6.42 Å².